The molecular formula is C18H27BrN2O2. The normalized spacial score (nSPS) is 19.0. The van der Waals surface area contributed by atoms with Crippen LogP contribution in [0.1, 0.15) is 38.3 Å². The van der Waals surface area contributed by atoms with Crippen LogP contribution in [0.2, 0.25) is 0 Å². The number of benzene rings is 1. The van der Waals surface area contributed by atoms with Crippen LogP contribution < -0.4 is 0 Å². The van der Waals surface area contributed by atoms with E-state index in [9.17, 15) is 4.79 Å². The lowest BCUT2D eigenvalue weighted by Gasteiger charge is -2.28. The van der Waals surface area contributed by atoms with Gasteiger partial charge < -0.3 is 9.64 Å². The van der Waals surface area contributed by atoms with Crippen molar-refractivity contribution in [2.45, 2.75) is 52.3 Å². The summed E-state index contributed by atoms with van der Waals surface area (Å²) in [7, 11) is 1.84. The molecule has 1 aliphatic rings. The van der Waals surface area contributed by atoms with Crippen LogP contribution in [0.25, 0.3) is 0 Å². The average molecular weight is 383 g/mol. The summed E-state index contributed by atoms with van der Waals surface area (Å²) >= 11 is 3.63. The monoisotopic (exact) mass is 382 g/mol. The van der Waals surface area contributed by atoms with Gasteiger partial charge in [0.1, 0.15) is 5.60 Å². The van der Waals surface area contributed by atoms with E-state index in [1.807, 2.05) is 27.8 Å². The number of hydrogen-bond acceptors (Lipinski definition) is 3. The number of rotatable bonds is 3. The summed E-state index contributed by atoms with van der Waals surface area (Å²) in [5, 5.41) is 0. The Hall–Kier alpha value is -1.07. The molecule has 1 saturated heterocycles. The molecule has 1 aromatic rings. The molecule has 0 N–H and O–H groups in total. The van der Waals surface area contributed by atoms with Crippen LogP contribution >= 0.6 is 15.9 Å². The average Bonchev–Trinajstić information content (AvgIpc) is 2.88. The SMILES string of the molecule is Cc1ccc(Br)c(CN2CC[C@H](N(C)C(=O)OC(C)(C)C)C2)c1. The molecule has 23 heavy (non-hydrogen) atoms. The lowest BCUT2D eigenvalue weighted by molar-refractivity contribution is 0.0228. The molecule has 1 fully saturated rings. The summed E-state index contributed by atoms with van der Waals surface area (Å²) < 4.78 is 6.61. The minimum atomic E-state index is -0.448. The van der Waals surface area contributed by atoms with E-state index in [0.29, 0.717) is 0 Å². The van der Waals surface area contributed by atoms with Gasteiger partial charge in [-0.1, -0.05) is 33.6 Å². The van der Waals surface area contributed by atoms with Gasteiger partial charge in [-0.25, -0.2) is 4.79 Å². The fourth-order valence-electron chi connectivity index (χ4n) is 2.82. The summed E-state index contributed by atoms with van der Waals surface area (Å²) in [6, 6.07) is 6.64. The third kappa shape index (κ3) is 5.21. The maximum Gasteiger partial charge on any atom is 0.410 e. The van der Waals surface area contributed by atoms with Gasteiger partial charge in [0, 0.05) is 37.2 Å². The minimum Gasteiger partial charge on any atom is -0.444 e. The number of carbonyl (C=O) groups is 1. The summed E-state index contributed by atoms with van der Waals surface area (Å²) in [5.74, 6) is 0. The van der Waals surface area contributed by atoms with Gasteiger partial charge in [-0.05, 0) is 45.7 Å². The van der Waals surface area contributed by atoms with E-state index in [1.54, 1.807) is 4.90 Å². The highest BCUT2D eigenvalue weighted by molar-refractivity contribution is 9.10. The van der Waals surface area contributed by atoms with Crippen LogP contribution in [0, 0.1) is 6.92 Å². The molecule has 5 heteroatoms. The van der Waals surface area contributed by atoms with Crippen LogP contribution in [0.3, 0.4) is 0 Å². The molecule has 1 atom stereocenters. The molecule has 1 aromatic carbocycles. The van der Waals surface area contributed by atoms with Crippen molar-refractivity contribution in [2.24, 2.45) is 0 Å². The number of hydrogen-bond donors (Lipinski definition) is 0. The maximum atomic E-state index is 12.2. The van der Waals surface area contributed by atoms with Gasteiger partial charge in [0.05, 0.1) is 0 Å². The van der Waals surface area contributed by atoms with E-state index in [2.05, 4.69) is 46.0 Å². The number of ether oxygens (including phenoxy) is 1. The van der Waals surface area contributed by atoms with E-state index < -0.39 is 5.60 Å². The highest BCUT2D eigenvalue weighted by Crippen LogP contribution is 2.24. The van der Waals surface area contributed by atoms with Crippen molar-refractivity contribution in [3.8, 4) is 0 Å². The molecule has 1 heterocycles. The van der Waals surface area contributed by atoms with Crippen molar-refractivity contribution < 1.29 is 9.53 Å². The molecule has 0 radical (unpaired) electrons. The molecule has 0 spiro atoms. The summed E-state index contributed by atoms with van der Waals surface area (Å²) in [5.41, 5.74) is 2.12. The molecular weight excluding hydrogens is 356 g/mol. The Morgan fingerprint density at radius 2 is 2.13 bits per heavy atom. The van der Waals surface area contributed by atoms with Gasteiger partial charge in [0.15, 0.2) is 0 Å². The third-order valence-corrected chi connectivity index (χ3v) is 4.85. The standard InChI is InChI=1S/C18H27BrN2O2/c1-13-6-7-16(19)14(10-13)11-21-9-8-15(12-21)20(5)17(22)23-18(2,3)4/h6-7,10,15H,8-9,11-12H2,1-5H3/t15-/m0/s1. The summed E-state index contributed by atoms with van der Waals surface area (Å²) in [6.07, 6.45) is 0.750. The fourth-order valence-corrected chi connectivity index (χ4v) is 3.19. The van der Waals surface area contributed by atoms with E-state index in [1.165, 1.54) is 11.1 Å². The largest absolute Gasteiger partial charge is 0.444 e. The number of carbonyl (C=O) groups excluding carboxylic acids is 1. The Morgan fingerprint density at radius 3 is 2.78 bits per heavy atom. The van der Waals surface area contributed by atoms with Crippen LogP contribution in [0.15, 0.2) is 22.7 Å². The van der Waals surface area contributed by atoms with E-state index in [4.69, 9.17) is 4.74 Å². The van der Waals surface area contributed by atoms with Crippen molar-refractivity contribution in [1.82, 2.24) is 9.80 Å². The van der Waals surface area contributed by atoms with Gasteiger partial charge in [-0.3, -0.25) is 4.90 Å². The smallest absolute Gasteiger partial charge is 0.410 e. The zero-order chi connectivity index (χ0) is 17.2. The van der Waals surface area contributed by atoms with E-state index >= 15 is 0 Å². The van der Waals surface area contributed by atoms with Gasteiger partial charge in [-0.15, -0.1) is 0 Å². The predicted molar refractivity (Wildman–Crippen MR) is 96.6 cm³/mol. The number of aryl methyl sites for hydroxylation is 1. The molecule has 1 amide bonds. The Morgan fingerprint density at radius 1 is 1.43 bits per heavy atom. The molecule has 0 aromatic heterocycles. The molecule has 0 saturated carbocycles. The second kappa shape index (κ2) is 7.22. The lowest BCUT2D eigenvalue weighted by atomic mass is 10.1. The van der Waals surface area contributed by atoms with Crippen molar-refractivity contribution in [1.29, 1.82) is 0 Å². The van der Waals surface area contributed by atoms with Gasteiger partial charge in [-0.2, -0.15) is 0 Å². The number of likely N-dealkylation sites (N-methyl/N-ethyl adjacent to an activating group) is 1. The Kier molecular flexibility index (Phi) is 5.74. The second-order valence-electron chi connectivity index (χ2n) is 7.36. The summed E-state index contributed by atoms with van der Waals surface area (Å²) in [4.78, 5) is 16.3. The van der Waals surface area contributed by atoms with Gasteiger partial charge in [0.2, 0.25) is 0 Å². The first-order valence-electron chi connectivity index (χ1n) is 8.09. The van der Waals surface area contributed by atoms with Crippen molar-refractivity contribution in [3.05, 3.63) is 33.8 Å². The Labute approximate surface area is 147 Å². The molecule has 0 unspecified atom stereocenters. The number of amides is 1. The Bertz CT molecular complexity index is 569. The van der Waals surface area contributed by atoms with E-state index in [-0.39, 0.29) is 12.1 Å². The fraction of sp³-hybridized carbons (Fsp3) is 0.611. The lowest BCUT2D eigenvalue weighted by Crippen LogP contribution is -2.42. The predicted octanol–water partition coefficient (Wildman–Crippen LogP) is 4.20. The van der Waals surface area contributed by atoms with Gasteiger partial charge in [0.25, 0.3) is 0 Å². The maximum absolute atomic E-state index is 12.2. The third-order valence-electron chi connectivity index (χ3n) is 4.07. The zero-order valence-corrected chi connectivity index (χ0v) is 16.3. The van der Waals surface area contributed by atoms with Crippen molar-refractivity contribution in [2.75, 3.05) is 20.1 Å². The molecule has 4 nitrogen and oxygen atoms in total. The molecule has 128 valence electrons. The minimum absolute atomic E-state index is 0.216. The first kappa shape index (κ1) is 18.3. The van der Waals surface area contributed by atoms with Crippen LogP contribution in [-0.2, 0) is 11.3 Å². The summed E-state index contributed by atoms with van der Waals surface area (Å²) in [6.45, 7) is 10.6. The van der Waals surface area contributed by atoms with Crippen molar-refractivity contribution >= 4 is 22.0 Å². The highest BCUT2D eigenvalue weighted by atomic mass is 79.9. The van der Waals surface area contributed by atoms with Crippen LogP contribution in [0.5, 0.6) is 0 Å². The molecule has 2 rings (SSSR count). The first-order chi connectivity index (χ1) is 10.7. The van der Waals surface area contributed by atoms with Crippen LogP contribution in [0.4, 0.5) is 4.79 Å². The van der Waals surface area contributed by atoms with E-state index in [0.717, 1.165) is 30.5 Å². The van der Waals surface area contributed by atoms with Gasteiger partial charge >= 0.3 is 6.09 Å². The molecule has 0 bridgehead atoms. The number of halogens is 1. The topological polar surface area (TPSA) is 32.8 Å². The highest BCUT2D eigenvalue weighted by Gasteiger charge is 2.31. The Balaban J connectivity index is 1.93. The quantitative estimate of drug-likeness (QED) is 0.784. The first-order valence-corrected chi connectivity index (χ1v) is 8.88. The van der Waals surface area contributed by atoms with Crippen molar-refractivity contribution in [3.63, 3.8) is 0 Å². The zero-order valence-electron chi connectivity index (χ0n) is 14.7. The second-order valence-corrected chi connectivity index (χ2v) is 8.22. The molecule has 0 aliphatic carbocycles. The molecule has 1 aliphatic heterocycles. The number of likely N-dealkylation sites (tertiary alicyclic amines) is 1. The number of nitrogens with zero attached hydrogens (tertiary/aromatic N) is 2. The van der Waals surface area contributed by atoms with Crippen LogP contribution in [-0.4, -0.2) is 47.7 Å².